The maximum absolute atomic E-state index is 12.0. The van der Waals surface area contributed by atoms with E-state index >= 15 is 0 Å². The predicted molar refractivity (Wildman–Crippen MR) is 92.9 cm³/mol. The van der Waals surface area contributed by atoms with Crippen LogP contribution in [0.2, 0.25) is 0 Å². The van der Waals surface area contributed by atoms with Gasteiger partial charge in [-0.15, -0.1) is 0 Å². The summed E-state index contributed by atoms with van der Waals surface area (Å²) >= 11 is 0. The second-order valence-corrected chi connectivity index (χ2v) is 5.33. The number of nitro groups is 1. The van der Waals surface area contributed by atoms with Crippen molar-refractivity contribution in [2.45, 2.75) is 19.3 Å². The maximum Gasteiger partial charge on any atom is 0.296 e. The molecule has 0 saturated carbocycles. The van der Waals surface area contributed by atoms with Crippen LogP contribution < -0.4 is 10.1 Å². The molecule has 0 aromatic heterocycles. The summed E-state index contributed by atoms with van der Waals surface area (Å²) in [5.41, 5.74) is 0.465. The number of Topliss-reactive ketones (excluding diaryl/α,β-unsaturated/α-hetero) is 1. The van der Waals surface area contributed by atoms with Crippen LogP contribution in [-0.2, 0) is 4.79 Å². The third kappa shape index (κ3) is 5.13. The number of benzene rings is 2. The Morgan fingerprint density at radius 2 is 1.84 bits per heavy atom. The summed E-state index contributed by atoms with van der Waals surface area (Å²) in [7, 11) is 1.40. The molecule has 0 saturated heterocycles. The Kier molecular flexibility index (Phi) is 6.22. The summed E-state index contributed by atoms with van der Waals surface area (Å²) in [6.07, 6.45) is 0.702. The number of methoxy groups -OCH3 is 1. The van der Waals surface area contributed by atoms with Gasteiger partial charge in [-0.2, -0.15) is 0 Å². The number of nitrogens with one attached hydrogen (secondary N) is 1. The van der Waals surface area contributed by atoms with E-state index in [1.165, 1.54) is 25.3 Å². The quantitative estimate of drug-likeness (QED) is 0.449. The van der Waals surface area contributed by atoms with E-state index in [0.29, 0.717) is 17.7 Å². The molecule has 25 heavy (non-hydrogen) atoms. The lowest BCUT2D eigenvalue weighted by Gasteiger charge is -2.07. The number of nitro benzene ring substituents is 1. The number of hydrogen-bond donors (Lipinski definition) is 1. The van der Waals surface area contributed by atoms with E-state index in [-0.39, 0.29) is 35.9 Å². The Morgan fingerprint density at radius 1 is 1.12 bits per heavy atom. The fraction of sp³-hybridized carbons (Fsp3) is 0.222. The maximum atomic E-state index is 12.0. The van der Waals surface area contributed by atoms with Gasteiger partial charge in [0.2, 0.25) is 5.91 Å². The number of nitrogens with zero attached hydrogens (tertiary/aromatic N) is 1. The molecule has 0 radical (unpaired) electrons. The first-order valence-electron chi connectivity index (χ1n) is 7.72. The van der Waals surface area contributed by atoms with Crippen LogP contribution in [0.25, 0.3) is 0 Å². The van der Waals surface area contributed by atoms with Gasteiger partial charge in [-0.3, -0.25) is 19.7 Å². The Hall–Kier alpha value is -3.22. The fourth-order valence-corrected chi connectivity index (χ4v) is 2.29. The van der Waals surface area contributed by atoms with Crippen LogP contribution in [0.15, 0.2) is 48.5 Å². The number of ether oxygens (including phenoxy) is 1. The van der Waals surface area contributed by atoms with Crippen molar-refractivity contribution in [2.24, 2.45) is 0 Å². The summed E-state index contributed by atoms with van der Waals surface area (Å²) in [4.78, 5) is 34.4. The Bertz CT molecular complexity index is 774. The van der Waals surface area contributed by atoms with Gasteiger partial charge < -0.3 is 10.1 Å². The highest BCUT2D eigenvalue weighted by Gasteiger charge is 2.17. The smallest absolute Gasteiger partial charge is 0.296 e. The average molecular weight is 342 g/mol. The Balaban J connectivity index is 1.90. The summed E-state index contributed by atoms with van der Waals surface area (Å²) in [5.74, 6) is -0.0869. The topological polar surface area (TPSA) is 98.5 Å². The highest BCUT2D eigenvalue weighted by molar-refractivity contribution is 5.97. The van der Waals surface area contributed by atoms with Crippen LogP contribution in [0.5, 0.6) is 5.75 Å². The van der Waals surface area contributed by atoms with Gasteiger partial charge in [0.25, 0.3) is 5.69 Å². The number of hydrogen-bond acceptors (Lipinski definition) is 5. The van der Waals surface area contributed by atoms with Crippen LogP contribution in [0.1, 0.15) is 29.6 Å². The van der Waals surface area contributed by atoms with Crippen molar-refractivity contribution in [1.29, 1.82) is 0 Å². The molecule has 0 heterocycles. The number of carbonyl (C=O) groups excluding carboxylic acids is 2. The molecule has 0 aliphatic heterocycles. The van der Waals surface area contributed by atoms with Crippen LogP contribution >= 0.6 is 0 Å². The lowest BCUT2D eigenvalue weighted by atomic mass is 10.1. The number of ketones is 1. The first-order valence-corrected chi connectivity index (χ1v) is 7.72. The van der Waals surface area contributed by atoms with Crippen molar-refractivity contribution in [1.82, 2.24) is 0 Å². The van der Waals surface area contributed by atoms with Gasteiger partial charge in [0.15, 0.2) is 5.78 Å². The lowest BCUT2D eigenvalue weighted by Crippen LogP contribution is -2.13. The zero-order valence-corrected chi connectivity index (χ0v) is 13.7. The molecule has 0 aliphatic carbocycles. The van der Waals surface area contributed by atoms with Crippen LogP contribution in [0, 0.1) is 10.1 Å². The third-order valence-electron chi connectivity index (χ3n) is 3.58. The van der Waals surface area contributed by atoms with E-state index < -0.39 is 4.92 Å². The van der Waals surface area contributed by atoms with Gasteiger partial charge in [-0.1, -0.05) is 30.3 Å². The first kappa shape index (κ1) is 18.1. The molecule has 130 valence electrons. The molecule has 1 amide bonds. The molecule has 2 aromatic carbocycles. The molecule has 0 unspecified atom stereocenters. The standard InChI is InChI=1S/C18H18N2O5/c1-25-14-10-11-15(16(12-14)20(23)24)19-18(22)9-5-8-17(21)13-6-3-2-4-7-13/h2-4,6-7,10-12H,5,8-9H2,1H3,(H,19,22). The molecule has 7 nitrogen and oxygen atoms in total. The van der Waals surface area contributed by atoms with Crippen LogP contribution in [0.4, 0.5) is 11.4 Å². The highest BCUT2D eigenvalue weighted by Crippen LogP contribution is 2.29. The van der Waals surface area contributed by atoms with Crippen LogP contribution in [-0.4, -0.2) is 23.7 Å². The molecule has 0 aliphatic rings. The molecule has 7 heteroatoms. The molecule has 0 fully saturated rings. The number of anilines is 1. The number of carbonyl (C=O) groups is 2. The monoisotopic (exact) mass is 342 g/mol. The van der Waals surface area contributed by atoms with Crippen molar-refractivity contribution in [3.05, 3.63) is 64.2 Å². The van der Waals surface area contributed by atoms with Gasteiger partial charge in [0.1, 0.15) is 11.4 Å². The van der Waals surface area contributed by atoms with Gasteiger partial charge in [-0.25, -0.2) is 0 Å². The minimum absolute atomic E-state index is 0.0381. The molecule has 1 N–H and O–H groups in total. The van der Waals surface area contributed by atoms with Crippen molar-refractivity contribution in [3.8, 4) is 5.75 Å². The number of amides is 1. The second-order valence-electron chi connectivity index (χ2n) is 5.33. The summed E-state index contributed by atoms with van der Waals surface area (Å²) in [5, 5.41) is 13.6. The summed E-state index contributed by atoms with van der Waals surface area (Å²) < 4.78 is 4.94. The van der Waals surface area contributed by atoms with E-state index in [1.54, 1.807) is 24.3 Å². The highest BCUT2D eigenvalue weighted by atomic mass is 16.6. The predicted octanol–water partition coefficient (Wildman–Crippen LogP) is 3.60. The average Bonchev–Trinajstić information content (AvgIpc) is 2.62. The minimum atomic E-state index is -0.586. The molecule has 2 rings (SSSR count). The number of rotatable bonds is 8. The van der Waals surface area contributed by atoms with E-state index in [4.69, 9.17) is 4.74 Å². The van der Waals surface area contributed by atoms with E-state index in [0.717, 1.165) is 0 Å². The normalized spacial score (nSPS) is 10.1. The zero-order valence-electron chi connectivity index (χ0n) is 13.7. The largest absolute Gasteiger partial charge is 0.496 e. The van der Waals surface area contributed by atoms with E-state index in [2.05, 4.69) is 5.32 Å². The molecule has 0 bridgehead atoms. The Morgan fingerprint density at radius 3 is 2.48 bits per heavy atom. The molecule has 0 spiro atoms. The van der Waals surface area contributed by atoms with Crippen LogP contribution in [0.3, 0.4) is 0 Å². The van der Waals surface area contributed by atoms with E-state index in [9.17, 15) is 19.7 Å². The lowest BCUT2D eigenvalue weighted by molar-refractivity contribution is -0.384. The van der Waals surface area contributed by atoms with Gasteiger partial charge in [0, 0.05) is 18.4 Å². The fourth-order valence-electron chi connectivity index (χ4n) is 2.29. The minimum Gasteiger partial charge on any atom is -0.496 e. The molecular weight excluding hydrogens is 324 g/mol. The van der Waals surface area contributed by atoms with E-state index in [1.807, 2.05) is 6.07 Å². The molecule has 0 atom stereocenters. The molecule has 2 aromatic rings. The summed E-state index contributed by atoms with van der Waals surface area (Å²) in [6, 6.07) is 13.0. The Labute approximate surface area is 144 Å². The molecular formula is C18H18N2O5. The van der Waals surface area contributed by atoms with Gasteiger partial charge in [0.05, 0.1) is 18.1 Å². The van der Waals surface area contributed by atoms with Gasteiger partial charge in [-0.05, 0) is 18.6 Å². The zero-order chi connectivity index (χ0) is 18.2. The van der Waals surface area contributed by atoms with Crippen molar-refractivity contribution >= 4 is 23.1 Å². The summed E-state index contributed by atoms with van der Waals surface area (Å²) in [6.45, 7) is 0. The second kappa shape index (κ2) is 8.58. The van der Waals surface area contributed by atoms with Crippen molar-refractivity contribution < 1.29 is 19.2 Å². The van der Waals surface area contributed by atoms with Crippen molar-refractivity contribution in [3.63, 3.8) is 0 Å². The third-order valence-corrected chi connectivity index (χ3v) is 3.58. The SMILES string of the molecule is COc1ccc(NC(=O)CCCC(=O)c2ccccc2)c([N+](=O)[O-])c1. The first-order chi connectivity index (χ1) is 12.0. The van der Waals surface area contributed by atoms with Gasteiger partial charge >= 0.3 is 0 Å². The van der Waals surface area contributed by atoms with Crippen molar-refractivity contribution in [2.75, 3.05) is 12.4 Å².